The van der Waals surface area contributed by atoms with Crippen molar-refractivity contribution in [1.82, 2.24) is 10.6 Å². The predicted octanol–water partition coefficient (Wildman–Crippen LogP) is -1.75. The quantitative estimate of drug-likeness (QED) is 0.306. The van der Waals surface area contributed by atoms with Gasteiger partial charge >= 0.3 is 5.97 Å². The molecule has 0 aromatic heterocycles. The number of aliphatic carboxylic acids is 1. The number of carboxylic acid groups (broad SMARTS) is 1. The number of hydrogen-bond donors (Lipinski definition) is 6. The molecule has 0 aliphatic rings. The van der Waals surface area contributed by atoms with E-state index < -0.39 is 53.4 Å². The van der Waals surface area contributed by atoms with Crippen molar-refractivity contribution in [2.75, 3.05) is 0 Å². The monoisotopic (exact) mass is 331 g/mol. The van der Waals surface area contributed by atoms with Crippen LogP contribution < -0.4 is 27.8 Å². The lowest BCUT2D eigenvalue weighted by atomic mass is 9.82. The molecule has 23 heavy (non-hydrogen) atoms. The fraction of sp³-hybridized carbons (Fsp3) is 0.786. The van der Waals surface area contributed by atoms with E-state index >= 15 is 0 Å². The number of nitrogens with one attached hydrogen (secondary N) is 2. The topological polar surface area (TPSA) is 174 Å². The Morgan fingerprint density at radius 3 is 1.83 bits per heavy atom. The molecule has 0 rings (SSSR count). The van der Waals surface area contributed by atoms with Crippen LogP contribution in [0.25, 0.3) is 0 Å². The fourth-order valence-electron chi connectivity index (χ4n) is 2.25. The molecule has 9 N–H and O–H groups in total. The molecule has 2 amide bonds. The van der Waals surface area contributed by atoms with Crippen molar-refractivity contribution >= 4 is 17.8 Å². The van der Waals surface area contributed by atoms with Gasteiger partial charge in [-0.1, -0.05) is 0 Å². The number of amides is 2. The highest BCUT2D eigenvalue weighted by molar-refractivity contribution is 5.89. The minimum Gasteiger partial charge on any atom is -0.480 e. The van der Waals surface area contributed by atoms with Crippen LogP contribution in [-0.2, 0) is 14.4 Å². The third-order valence-electron chi connectivity index (χ3n) is 3.27. The summed E-state index contributed by atoms with van der Waals surface area (Å²) in [6.45, 7) is 8.43. The van der Waals surface area contributed by atoms with Crippen molar-refractivity contribution in [3.05, 3.63) is 0 Å². The summed E-state index contributed by atoms with van der Waals surface area (Å²) in [7, 11) is 0. The Balaban J connectivity index is 4.77. The first-order valence-electron chi connectivity index (χ1n) is 7.32. The van der Waals surface area contributed by atoms with Gasteiger partial charge < -0.3 is 32.9 Å². The van der Waals surface area contributed by atoms with Crippen LogP contribution in [0, 0.1) is 0 Å². The van der Waals surface area contributed by atoms with E-state index in [1.54, 1.807) is 27.7 Å². The maximum absolute atomic E-state index is 12.2. The zero-order valence-corrected chi connectivity index (χ0v) is 14.3. The van der Waals surface area contributed by atoms with Crippen LogP contribution in [0.4, 0.5) is 0 Å². The molecule has 0 aromatic rings. The molecule has 0 fully saturated rings. The zero-order valence-electron chi connectivity index (χ0n) is 14.3. The third kappa shape index (κ3) is 7.40. The Kier molecular flexibility index (Phi) is 7.14. The van der Waals surface area contributed by atoms with Crippen LogP contribution in [0.1, 0.15) is 41.0 Å². The first kappa shape index (κ1) is 21.3. The third-order valence-corrected chi connectivity index (χ3v) is 3.27. The zero-order chi connectivity index (χ0) is 18.6. The average molecular weight is 331 g/mol. The highest BCUT2D eigenvalue weighted by Crippen LogP contribution is 2.16. The highest BCUT2D eigenvalue weighted by atomic mass is 16.4. The van der Waals surface area contributed by atoms with E-state index in [4.69, 9.17) is 22.3 Å². The molecular formula is C14H29N5O4. The lowest BCUT2D eigenvalue weighted by Crippen LogP contribution is -2.68. The van der Waals surface area contributed by atoms with E-state index in [2.05, 4.69) is 10.6 Å². The van der Waals surface area contributed by atoms with E-state index in [-0.39, 0.29) is 0 Å². The predicted molar refractivity (Wildman–Crippen MR) is 86.3 cm³/mol. The molecule has 0 radical (unpaired) electrons. The summed E-state index contributed by atoms with van der Waals surface area (Å²) in [4.78, 5) is 34.5. The Labute approximate surface area is 136 Å². The summed E-state index contributed by atoms with van der Waals surface area (Å²) in [5.41, 5.74) is 15.8. The maximum atomic E-state index is 12.2. The fourth-order valence-corrected chi connectivity index (χ4v) is 2.25. The Bertz CT molecular complexity index is 439. The van der Waals surface area contributed by atoms with Gasteiger partial charge in [0.1, 0.15) is 12.1 Å². The Morgan fingerprint density at radius 1 is 1.04 bits per heavy atom. The van der Waals surface area contributed by atoms with Gasteiger partial charge in [0.25, 0.3) is 0 Å². The summed E-state index contributed by atoms with van der Waals surface area (Å²) in [5, 5.41) is 13.8. The number of nitrogens with two attached hydrogens (primary N) is 3. The van der Waals surface area contributed by atoms with Crippen molar-refractivity contribution in [3.63, 3.8) is 0 Å². The van der Waals surface area contributed by atoms with Gasteiger partial charge in [-0.25, -0.2) is 0 Å². The average Bonchev–Trinajstić information content (AvgIpc) is 2.31. The normalized spacial score (nSPS) is 15.0. The first-order chi connectivity index (χ1) is 10.2. The van der Waals surface area contributed by atoms with Gasteiger partial charge in [0.05, 0.1) is 12.5 Å². The molecule has 9 nitrogen and oxygen atoms in total. The van der Waals surface area contributed by atoms with Crippen LogP contribution in [0.15, 0.2) is 0 Å². The van der Waals surface area contributed by atoms with E-state index in [0.717, 1.165) is 0 Å². The number of carbonyl (C=O) groups excluding carboxylic acids is 2. The van der Waals surface area contributed by atoms with Crippen LogP contribution in [0.3, 0.4) is 0 Å². The molecule has 2 atom stereocenters. The van der Waals surface area contributed by atoms with Crippen molar-refractivity contribution < 1.29 is 19.5 Å². The minimum atomic E-state index is -1.32. The van der Waals surface area contributed by atoms with Crippen LogP contribution in [0.5, 0.6) is 0 Å². The standard InChI is InChI=1S/C14H29N5O4/c1-7(18-9(20)6-8(15)11(22)23)10(21)19-12(13(2,3)16)14(4,5)17/h7-8,12H,6,15-17H2,1-5H3,(H,18,20)(H,19,21)(H,22,23). The van der Waals surface area contributed by atoms with Crippen LogP contribution in [-0.4, -0.2) is 52.1 Å². The summed E-state index contributed by atoms with van der Waals surface area (Å²) in [5.74, 6) is -2.38. The smallest absolute Gasteiger partial charge is 0.321 e. The van der Waals surface area contributed by atoms with E-state index in [1.165, 1.54) is 6.92 Å². The summed E-state index contributed by atoms with van der Waals surface area (Å²) >= 11 is 0. The lowest BCUT2D eigenvalue weighted by Gasteiger charge is -2.41. The van der Waals surface area contributed by atoms with Gasteiger partial charge in [0.15, 0.2) is 0 Å². The first-order valence-corrected chi connectivity index (χ1v) is 7.32. The van der Waals surface area contributed by atoms with Gasteiger partial charge in [-0.05, 0) is 34.6 Å². The number of carbonyl (C=O) groups is 3. The van der Waals surface area contributed by atoms with Crippen molar-refractivity contribution in [2.24, 2.45) is 17.2 Å². The highest BCUT2D eigenvalue weighted by Gasteiger charge is 2.38. The number of hydrogen-bond acceptors (Lipinski definition) is 6. The van der Waals surface area contributed by atoms with E-state index in [9.17, 15) is 14.4 Å². The van der Waals surface area contributed by atoms with Gasteiger partial charge in [-0.2, -0.15) is 0 Å². The van der Waals surface area contributed by atoms with Gasteiger partial charge in [-0.15, -0.1) is 0 Å². The molecule has 0 aliphatic heterocycles. The van der Waals surface area contributed by atoms with Gasteiger partial charge in [-0.3, -0.25) is 14.4 Å². The molecule has 2 unspecified atom stereocenters. The molecule has 134 valence electrons. The van der Waals surface area contributed by atoms with Crippen molar-refractivity contribution in [2.45, 2.75) is 70.2 Å². The van der Waals surface area contributed by atoms with Crippen LogP contribution >= 0.6 is 0 Å². The Morgan fingerprint density at radius 2 is 1.48 bits per heavy atom. The second-order valence-corrected chi connectivity index (χ2v) is 7.02. The van der Waals surface area contributed by atoms with Gasteiger partial charge in [0, 0.05) is 11.1 Å². The Hall–Kier alpha value is -1.71. The minimum absolute atomic E-state index is 0.416. The molecule has 0 spiro atoms. The molecule has 0 aliphatic carbocycles. The maximum Gasteiger partial charge on any atom is 0.321 e. The molecule has 0 aromatic carbocycles. The number of rotatable bonds is 8. The van der Waals surface area contributed by atoms with E-state index in [0.29, 0.717) is 0 Å². The van der Waals surface area contributed by atoms with E-state index in [1.807, 2.05) is 0 Å². The van der Waals surface area contributed by atoms with Gasteiger partial charge in [0.2, 0.25) is 11.8 Å². The SMILES string of the molecule is CC(NC(=O)CC(N)C(=O)O)C(=O)NC(C(C)(C)N)C(C)(C)N. The summed E-state index contributed by atoms with van der Waals surface area (Å²) < 4.78 is 0. The van der Waals surface area contributed by atoms with Crippen molar-refractivity contribution in [3.8, 4) is 0 Å². The second kappa shape index (κ2) is 7.71. The molecule has 9 heteroatoms. The summed E-state index contributed by atoms with van der Waals surface area (Å²) in [6, 6.07) is -2.73. The van der Waals surface area contributed by atoms with Crippen LogP contribution in [0.2, 0.25) is 0 Å². The lowest BCUT2D eigenvalue weighted by molar-refractivity contribution is -0.140. The summed E-state index contributed by atoms with van der Waals surface area (Å²) in [6.07, 6.45) is -0.416. The molecule has 0 heterocycles. The second-order valence-electron chi connectivity index (χ2n) is 7.02. The molecular weight excluding hydrogens is 302 g/mol. The molecule has 0 saturated carbocycles. The van der Waals surface area contributed by atoms with Crippen molar-refractivity contribution in [1.29, 1.82) is 0 Å². The largest absolute Gasteiger partial charge is 0.480 e. The molecule has 0 saturated heterocycles. The number of carboxylic acids is 1. The molecule has 0 bridgehead atoms.